The number of rotatable bonds is 10. The fourth-order valence-electron chi connectivity index (χ4n) is 2.13. The summed E-state index contributed by atoms with van der Waals surface area (Å²) < 4.78 is 0. The fraction of sp³-hybridized carbons (Fsp3) is 0.800. The summed E-state index contributed by atoms with van der Waals surface area (Å²) in [4.78, 5) is 18.2. The quantitative estimate of drug-likeness (QED) is 0.716. The zero-order valence-corrected chi connectivity index (χ0v) is 14.2. The highest BCUT2D eigenvalue weighted by molar-refractivity contribution is 5.45. The Morgan fingerprint density at radius 3 is 1.81 bits per heavy atom. The molecule has 0 amide bonds. The Labute approximate surface area is 129 Å². The number of nitrogens with zero attached hydrogens (tertiary/aromatic N) is 5. The van der Waals surface area contributed by atoms with Crippen molar-refractivity contribution in [2.75, 3.05) is 47.8 Å². The van der Waals surface area contributed by atoms with E-state index in [1.165, 1.54) is 0 Å². The van der Waals surface area contributed by atoms with E-state index in [9.17, 15) is 0 Å². The maximum absolute atomic E-state index is 4.66. The Morgan fingerprint density at radius 2 is 1.33 bits per heavy atom. The van der Waals surface area contributed by atoms with Gasteiger partial charge in [-0.3, -0.25) is 0 Å². The van der Waals surface area contributed by atoms with Crippen molar-refractivity contribution >= 4 is 17.8 Å². The minimum Gasteiger partial charge on any atom is -0.354 e. The lowest BCUT2D eigenvalue weighted by atomic mass is 10.4. The first-order valence-electron chi connectivity index (χ1n) is 8.19. The van der Waals surface area contributed by atoms with Gasteiger partial charge in [0.25, 0.3) is 0 Å². The van der Waals surface area contributed by atoms with Crippen molar-refractivity contribution in [2.45, 2.75) is 47.5 Å². The third-order valence-electron chi connectivity index (χ3n) is 3.35. The molecule has 0 fully saturated rings. The molecule has 0 aliphatic heterocycles. The predicted octanol–water partition coefficient (Wildman–Crippen LogP) is 2.78. The highest BCUT2D eigenvalue weighted by Crippen LogP contribution is 2.17. The highest BCUT2D eigenvalue weighted by atomic mass is 15.4. The Hall–Kier alpha value is -1.59. The second-order valence-corrected chi connectivity index (χ2v) is 4.94. The minimum atomic E-state index is 0.679. The maximum atomic E-state index is 4.66. The molecule has 0 aliphatic carbocycles. The smallest absolute Gasteiger partial charge is 0.231 e. The van der Waals surface area contributed by atoms with Crippen molar-refractivity contribution in [3.05, 3.63) is 0 Å². The molecular weight excluding hydrogens is 264 g/mol. The molecular formula is C15H30N6. The lowest BCUT2D eigenvalue weighted by molar-refractivity contribution is 0.744. The molecule has 0 spiro atoms. The Bertz CT molecular complexity index is 405. The molecule has 0 bridgehead atoms. The second kappa shape index (κ2) is 9.37. The van der Waals surface area contributed by atoms with Gasteiger partial charge in [-0.25, -0.2) is 0 Å². The monoisotopic (exact) mass is 294 g/mol. The van der Waals surface area contributed by atoms with Gasteiger partial charge in [0.1, 0.15) is 0 Å². The molecule has 0 saturated carbocycles. The van der Waals surface area contributed by atoms with Crippen LogP contribution in [0.15, 0.2) is 0 Å². The average molecular weight is 294 g/mol. The summed E-state index contributed by atoms with van der Waals surface area (Å²) in [5.41, 5.74) is 0. The first kappa shape index (κ1) is 17.5. The number of nitrogens with one attached hydrogen (secondary N) is 1. The fourth-order valence-corrected chi connectivity index (χ4v) is 2.13. The molecule has 0 aromatic carbocycles. The zero-order chi connectivity index (χ0) is 15.7. The van der Waals surface area contributed by atoms with Crippen LogP contribution in [0.2, 0.25) is 0 Å². The Balaban J connectivity index is 3.12. The summed E-state index contributed by atoms with van der Waals surface area (Å²) in [6, 6.07) is 0. The first-order chi connectivity index (χ1) is 10.2. The van der Waals surface area contributed by atoms with Gasteiger partial charge in [0.15, 0.2) is 0 Å². The van der Waals surface area contributed by atoms with Crippen LogP contribution in [0.25, 0.3) is 0 Å². The van der Waals surface area contributed by atoms with Crippen LogP contribution in [0.1, 0.15) is 47.5 Å². The molecule has 6 nitrogen and oxygen atoms in total. The Morgan fingerprint density at radius 1 is 0.762 bits per heavy atom. The van der Waals surface area contributed by atoms with Gasteiger partial charge < -0.3 is 15.1 Å². The van der Waals surface area contributed by atoms with Crippen LogP contribution < -0.4 is 15.1 Å². The lowest BCUT2D eigenvalue weighted by Crippen LogP contribution is -2.29. The van der Waals surface area contributed by atoms with Crippen LogP contribution in [-0.4, -0.2) is 47.7 Å². The van der Waals surface area contributed by atoms with Crippen LogP contribution >= 0.6 is 0 Å². The summed E-state index contributed by atoms with van der Waals surface area (Å²) >= 11 is 0. The van der Waals surface area contributed by atoms with Gasteiger partial charge in [-0.2, -0.15) is 15.0 Å². The molecule has 120 valence electrons. The molecule has 0 saturated heterocycles. The van der Waals surface area contributed by atoms with Crippen molar-refractivity contribution in [3.63, 3.8) is 0 Å². The molecule has 1 aromatic heterocycles. The molecule has 0 unspecified atom stereocenters. The number of anilines is 3. The largest absolute Gasteiger partial charge is 0.354 e. The summed E-state index contributed by atoms with van der Waals surface area (Å²) in [6.07, 6.45) is 2.13. The standard InChI is InChI=1S/C15H30N6/c1-6-11-16-13-17-14(20(8-3)9-4)19-15(18-13)21(10-5)12-7-2/h6-12H2,1-5H3,(H,16,17,18,19). The van der Waals surface area contributed by atoms with Gasteiger partial charge in [-0.15, -0.1) is 0 Å². The molecule has 0 radical (unpaired) electrons. The predicted molar refractivity (Wildman–Crippen MR) is 90.3 cm³/mol. The van der Waals surface area contributed by atoms with Gasteiger partial charge >= 0.3 is 0 Å². The van der Waals surface area contributed by atoms with E-state index in [1.807, 2.05) is 0 Å². The van der Waals surface area contributed by atoms with Crippen LogP contribution in [0.3, 0.4) is 0 Å². The van der Waals surface area contributed by atoms with Crippen molar-refractivity contribution in [2.24, 2.45) is 0 Å². The van der Waals surface area contributed by atoms with E-state index in [4.69, 9.17) is 0 Å². The van der Waals surface area contributed by atoms with Crippen LogP contribution in [-0.2, 0) is 0 Å². The van der Waals surface area contributed by atoms with Crippen molar-refractivity contribution in [1.82, 2.24) is 15.0 Å². The number of hydrogen-bond donors (Lipinski definition) is 1. The molecule has 1 aromatic rings. The maximum Gasteiger partial charge on any atom is 0.231 e. The van der Waals surface area contributed by atoms with E-state index < -0.39 is 0 Å². The van der Waals surface area contributed by atoms with Crippen LogP contribution in [0.5, 0.6) is 0 Å². The molecule has 21 heavy (non-hydrogen) atoms. The SMILES string of the molecule is CCCNc1nc(N(CC)CC)nc(N(CC)CCC)n1. The average Bonchev–Trinajstić information content (AvgIpc) is 2.51. The van der Waals surface area contributed by atoms with Gasteiger partial charge in [0, 0.05) is 32.7 Å². The lowest BCUT2D eigenvalue weighted by Gasteiger charge is -2.24. The summed E-state index contributed by atoms with van der Waals surface area (Å²) in [5, 5.41) is 3.28. The van der Waals surface area contributed by atoms with E-state index >= 15 is 0 Å². The summed E-state index contributed by atoms with van der Waals surface area (Å²) in [5.74, 6) is 2.21. The van der Waals surface area contributed by atoms with Gasteiger partial charge in [-0.05, 0) is 33.6 Å². The number of hydrogen-bond acceptors (Lipinski definition) is 6. The van der Waals surface area contributed by atoms with Gasteiger partial charge in [-0.1, -0.05) is 13.8 Å². The molecule has 1 N–H and O–H groups in total. The van der Waals surface area contributed by atoms with E-state index in [2.05, 4.69) is 64.7 Å². The third-order valence-corrected chi connectivity index (χ3v) is 3.35. The normalized spacial score (nSPS) is 10.5. The number of aromatic nitrogens is 3. The molecule has 0 aliphatic rings. The van der Waals surface area contributed by atoms with Gasteiger partial charge in [0.2, 0.25) is 17.8 Å². The van der Waals surface area contributed by atoms with E-state index in [0.29, 0.717) is 5.95 Å². The van der Waals surface area contributed by atoms with E-state index in [0.717, 1.165) is 57.5 Å². The van der Waals surface area contributed by atoms with E-state index in [-0.39, 0.29) is 0 Å². The first-order valence-corrected chi connectivity index (χ1v) is 8.19. The van der Waals surface area contributed by atoms with Crippen molar-refractivity contribution < 1.29 is 0 Å². The Kier molecular flexibility index (Phi) is 7.79. The molecule has 0 atom stereocenters. The topological polar surface area (TPSA) is 57.2 Å². The van der Waals surface area contributed by atoms with Crippen molar-refractivity contribution in [1.29, 1.82) is 0 Å². The van der Waals surface area contributed by atoms with E-state index in [1.54, 1.807) is 0 Å². The molecule has 1 rings (SSSR count). The third kappa shape index (κ3) is 5.02. The van der Waals surface area contributed by atoms with Crippen molar-refractivity contribution in [3.8, 4) is 0 Å². The highest BCUT2D eigenvalue weighted by Gasteiger charge is 2.14. The second-order valence-electron chi connectivity index (χ2n) is 4.94. The molecule has 1 heterocycles. The summed E-state index contributed by atoms with van der Waals surface area (Å²) in [7, 11) is 0. The summed E-state index contributed by atoms with van der Waals surface area (Å²) in [6.45, 7) is 15.2. The minimum absolute atomic E-state index is 0.679. The van der Waals surface area contributed by atoms with Crippen LogP contribution in [0.4, 0.5) is 17.8 Å². The van der Waals surface area contributed by atoms with Gasteiger partial charge in [0.05, 0.1) is 0 Å². The van der Waals surface area contributed by atoms with Crippen LogP contribution in [0, 0.1) is 0 Å². The zero-order valence-electron chi connectivity index (χ0n) is 14.2. The molecule has 6 heteroatoms.